The summed E-state index contributed by atoms with van der Waals surface area (Å²) in [6, 6.07) is 9.33. The van der Waals surface area contributed by atoms with Crippen molar-refractivity contribution in [3.63, 3.8) is 0 Å². The van der Waals surface area contributed by atoms with Gasteiger partial charge in [0.2, 0.25) is 4.96 Å². The van der Waals surface area contributed by atoms with E-state index in [1.54, 1.807) is 15.4 Å². The third kappa shape index (κ3) is 2.38. The Hall–Kier alpha value is -3.71. The van der Waals surface area contributed by atoms with Gasteiger partial charge in [-0.2, -0.15) is 14.9 Å². The molecule has 0 aliphatic carbocycles. The molecule has 0 amide bonds. The topological polar surface area (TPSA) is 124 Å². The molecule has 0 unspecified atom stereocenters. The molecule has 0 aliphatic rings. The van der Waals surface area contributed by atoms with Crippen LogP contribution in [0.25, 0.3) is 21.2 Å². The van der Waals surface area contributed by atoms with Crippen molar-refractivity contribution in [3.8, 4) is 22.3 Å². The average Bonchev–Trinajstić information content (AvgIpc) is 3.34. The highest BCUT2D eigenvalue weighted by Crippen LogP contribution is 2.28. The summed E-state index contributed by atoms with van der Waals surface area (Å²) >= 11 is 1.41. The highest BCUT2D eigenvalue weighted by molar-refractivity contribution is 7.19. The lowest BCUT2D eigenvalue weighted by Gasteiger charge is -2.08. The predicted octanol–water partition coefficient (Wildman–Crippen LogP) is 1.88. The Morgan fingerprint density at radius 2 is 2.12 bits per heavy atom. The maximum absolute atomic E-state index is 12.1. The molecular formula is C16H11N7O2S. The summed E-state index contributed by atoms with van der Waals surface area (Å²) < 4.78 is 7.93. The number of nitrogen functional groups attached to an aromatic ring is 1. The highest BCUT2D eigenvalue weighted by atomic mass is 32.1. The van der Waals surface area contributed by atoms with Gasteiger partial charge >= 0.3 is 5.97 Å². The van der Waals surface area contributed by atoms with Gasteiger partial charge in [-0.05, 0) is 24.3 Å². The molecule has 10 heteroatoms. The quantitative estimate of drug-likeness (QED) is 0.550. The second kappa shape index (κ2) is 5.98. The van der Waals surface area contributed by atoms with Crippen LogP contribution in [0.3, 0.4) is 0 Å². The van der Waals surface area contributed by atoms with Crippen molar-refractivity contribution in [2.45, 2.75) is 0 Å². The van der Waals surface area contributed by atoms with E-state index in [9.17, 15) is 10.1 Å². The van der Waals surface area contributed by atoms with E-state index in [2.05, 4.69) is 15.3 Å². The number of nitrogens with zero attached hydrogens (tertiary/aromatic N) is 6. The third-order valence-electron chi connectivity index (χ3n) is 3.82. The van der Waals surface area contributed by atoms with Crippen LogP contribution in [-0.4, -0.2) is 37.5 Å². The fourth-order valence-electron chi connectivity index (χ4n) is 2.56. The maximum atomic E-state index is 12.1. The molecule has 2 N–H and O–H groups in total. The summed E-state index contributed by atoms with van der Waals surface area (Å²) in [5.41, 5.74) is 7.90. The molecule has 3 heterocycles. The molecular weight excluding hydrogens is 354 g/mol. The molecule has 128 valence electrons. The zero-order valence-corrected chi connectivity index (χ0v) is 14.3. The lowest BCUT2D eigenvalue weighted by atomic mass is 10.2. The van der Waals surface area contributed by atoms with Gasteiger partial charge in [0.25, 0.3) is 0 Å². The predicted molar refractivity (Wildman–Crippen MR) is 93.9 cm³/mol. The Morgan fingerprint density at radius 1 is 1.35 bits per heavy atom. The molecule has 3 aromatic heterocycles. The molecule has 4 aromatic rings. The molecule has 26 heavy (non-hydrogen) atoms. The number of ether oxygens (including phenoxy) is 1. The summed E-state index contributed by atoms with van der Waals surface area (Å²) in [6.07, 6.45) is 3.05. The maximum Gasteiger partial charge on any atom is 0.357 e. The first-order valence-corrected chi connectivity index (χ1v) is 8.21. The third-order valence-corrected chi connectivity index (χ3v) is 4.78. The van der Waals surface area contributed by atoms with E-state index in [4.69, 9.17) is 10.5 Å². The smallest absolute Gasteiger partial charge is 0.357 e. The van der Waals surface area contributed by atoms with Gasteiger partial charge < -0.3 is 15.0 Å². The Morgan fingerprint density at radius 3 is 2.77 bits per heavy atom. The Labute approximate surface area is 150 Å². The van der Waals surface area contributed by atoms with Gasteiger partial charge in [0.05, 0.1) is 18.4 Å². The Bertz CT molecular complexity index is 1140. The lowest BCUT2D eigenvalue weighted by molar-refractivity contribution is 0.0593. The van der Waals surface area contributed by atoms with Crippen LogP contribution in [0.5, 0.6) is 0 Å². The van der Waals surface area contributed by atoms with Crippen LogP contribution in [0.1, 0.15) is 16.1 Å². The number of methoxy groups -OCH3 is 1. The fourth-order valence-corrected chi connectivity index (χ4v) is 3.38. The minimum absolute atomic E-state index is 0.0945. The van der Waals surface area contributed by atoms with Crippen LogP contribution < -0.4 is 5.73 Å². The fraction of sp³-hybridized carbons (Fsp3) is 0.0625. The first-order valence-electron chi connectivity index (χ1n) is 7.39. The highest BCUT2D eigenvalue weighted by Gasteiger charge is 2.21. The van der Waals surface area contributed by atoms with Crippen molar-refractivity contribution in [2.75, 3.05) is 12.8 Å². The van der Waals surface area contributed by atoms with Crippen molar-refractivity contribution < 1.29 is 9.53 Å². The standard InChI is InChI=1S/C16H11N7O2S/c1-25-15(24)13-12(18)10(6-17)7-22(13)11-4-2-9(3-5-11)14-21-23-8-19-20-16(23)26-14/h2-5,7-8H,18H2,1H3. The second-order valence-corrected chi connectivity index (χ2v) is 6.25. The van der Waals surface area contributed by atoms with E-state index in [0.717, 1.165) is 10.6 Å². The summed E-state index contributed by atoms with van der Waals surface area (Å²) in [7, 11) is 1.27. The summed E-state index contributed by atoms with van der Waals surface area (Å²) in [5, 5.41) is 22.1. The molecule has 0 radical (unpaired) electrons. The van der Waals surface area contributed by atoms with Gasteiger partial charge in [-0.15, -0.1) is 10.2 Å². The molecule has 4 rings (SSSR count). The van der Waals surface area contributed by atoms with Crippen LogP contribution in [0, 0.1) is 11.3 Å². The largest absolute Gasteiger partial charge is 0.464 e. The second-order valence-electron chi connectivity index (χ2n) is 5.29. The van der Waals surface area contributed by atoms with Crippen LogP contribution in [0.4, 0.5) is 5.69 Å². The molecule has 0 saturated carbocycles. The number of aromatic nitrogens is 5. The molecule has 0 atom stereocenters. The van der Waals surface area contributed by atoms with Crippen molar-refractivity contribution >= 4 is 28.0 Å². The van der Waals surface area contributed by atoms with Crippen LogP contribution in [-0.2, 0) is 4.74 Å². The van der Waals surface area contributed by atoms with E-state index in [0.29, 0.717) is 10.6 Å². The number of carbonyl (C=O) groups excluding carboxylic acids is 1. The monoisotopic (exact) mass is 365 g/mol. The summed E-state index contributed by atoms with van der Waals surface area (Å²) in [4.78, 5) is 12.8. The number of anilines is 1. The molecule has 9 nitrogen and oxygen atoms in total. The van der Waals surface area contributed by atoms with Gasteiger partial charge in [0, 0.05) is 17.4 Å². The number of esters is 1. The van der Waals surface area contributed by atoms with E-state index in [1.165, 1.54) is 24.6 Å². The Balaban J connectivity index is 1.76. The van der Waals surface area contributed by atoms with Gasteiger partial charge in [0.15, 0.2) is 5.69 Å². The molecule has 0 spiro atoms. The number of nitriles is 1. The molecule has 0 saturated heterocycles. The van der Waals surface area contributed by atoms with E-state index in [1.807, 2.05) is 30.3 Å². The van der Waals surface area contributed by atoms with Crippen LogP contribution in [0.15, 0.2) is 36.8 Å². The van der Waals surface area contributed by atoms with E-state index < -0.39 is 5.97 Å². The average molecular weight is 365 g/mol. The SMILES string of the molecule is COC(=O)c1c(N)c(C#N)cn1-c1ccc(-c2nn3cnnc3s2)cc1. The molecule has 0 fully saturated rings. The molecule has 0 bridgehead atoms. The van der Waals surface area contributed by atoms with Gasteiger partial charge in [-0.25, -0.2) is 4.79 Å². The van der Waals surface area contributed by atoms with Crippen molar-refractivity contribution in [1.29, 1.82) is 5.26 Å². The minimum Gasteiger partial charge on any atom is -0.464 e. The molecule has 0 aliphatic heterocycles. The summed E-state index contributed by atoms with van der Waals surface area (Å²) in [6.45, 7) is 0. The first-order chi connectivity index (χ1) is 12.6. The summed E-state index contributed by atoms with van der Waals surface area (Å²) in [5.74, 6) is -0.610. The lowest BCUT2D eigenvalue weighted by Crippen LogP contribution is -2.11. The minimum atomic E-state index is -0.610. The number of fused-ring (bicyclic) bond motifs is 1. The zero-order chi connectivity index (χ0) is 18.3. The Kier molecular flexibility index (Phi) is 3.63. The molecule has 1 aromatic carbocycles. The van der Waals surface area contributed by atoms with Crippen molar-refractivity contribution in [3.05, 3.63) is 48.0 Å². The first kappa shape index (κ1) is 15.8. The number of nitrogens with two attached hydrogens (primary N) is 1. The number of benzene rings is 1. The normalized spacial score (nSPS) is 10.8. The van der Waals surface area contributed by atoms with E-state index >= 15 is 0 Å². The van der Waals surface area contributed by atoms with Gasteiger partial charge in [-0.3, -0.25) is 0 Å². The van der Waals surface area contributed by atoms with Crippen LogP contribution >= 0.6 is 11.3 Å². The van der Waals surface area contributed by atoms with E-state index in [-0.39, 0.29) is 16.9 Å². The van der Waals surface area contributed by atoms with Gasteiger partial charge in [-0.1, -0.05) is 11.3 Å². The number of rotatable bonds is 3. The van der Waals surface area contributed by atoms with Crippen molar-refractivity contribution in [1.82, 2.24) is 24.4 Å². The number of hydrogen-bond donors (Lipinski definition) is 1. The van der Waals surface area contributed by atoms with Crippen LogP contribution in [0.2, 0.25) is 0 Å². The number of hydrogen-bond acceptors (Lipinski definition) is 8. The number of carbonyl (C=O) groups is 1. The zero-order valence-electron chi connectivity index (χ0n) is 13.4. The van der Waals surface area contributed by atoms with Gasteiger partial charge in [0.1, 0.15) is 17.4 Å². The van der Waals surface area contributed by atoms with Crippen molar-refractivity contribution in [2.24, 2.45) is 0 Å².